The number of nitrogens with zero attached hydrogens (tertiary/aromatic N) is 2. The van der Waals surface area contributed by atoms with Gasteiger partial charge < -0.3 is 15.4 Å². The smallest absolute Gasteiger partial charge is 0.407 e. The second kappa shape index (κ2) is 9.05. The first-order valence-electron chi connectivity index (χ1n) is 8.78. The van der Waals surface area contributed by atoms with Gasteiger partial charge in [0.05, 0.1) is 17.6 Å². The first-order valence-corrected chi connectivity index (χ1v) is 9.16. The van der Waals surface area contributed by atoms with E-state index in [0.717, 1.165) is 6.07 Å². The highest BCUT2D eigenvalue weighted by Crippen LogP contribution is 2.28. The maximum absolute atomic E-state index is 14.4. The van der Waals surface area contributed by atoms with Gasteiger partial charge in [0.25, 0.3) is 0 Å². The van der Waals surface area contributed by atoms with E-state index in [1.165, 1.54) is 18.2 Å². The Morgan fingerprint density at radius 2 is 1.93 bits per heavy atom. The molecular weight excluding hydrogens is 402 g/mol. The molecule has 1 aromatic carbocycles. The van der Waals surface area contributed by atoms with E-state index in [9.17, 15) is 13.6 Å². The van der Waals surface area contributed by atoms with Crippen LogP contribution in [-0.2, 0) is 4.74 Å². The van der Waals surface area contributed by atoms with Crippen molar-refractivity contribution in [2.45, 2.75) is 45.4 Å². The van der Waals surface area contributed by atoms with Crippen LogP contribution < -0.4 is 10.6 Å². The summed E-state index contributed by atoms with van der Waals surface area (Å²) >= 11 is 5.89. The molecule has 0 unspecified atom stereocenters. The van der Waals surface area contributed by atoms with Crippen LogP contribution in [0, 0.1) is 23.0 Å². The molecule has 0 saturated carbocycles. The minimum Gasteiger partial charge on any atom is -0.444 e. The van der Waals surface area contributed by atoms with Crippen LogP contribution in [-0.4, -0.2) is 22.7 Å². The van der Waals surface area contributed by atoms with Gasteiger partial charge in [-0.2, -0.15) is 5.26 Å². The van der Waals surface area contributed by atoms with Crippen molar-refractivity contribution in [1.29, 1.82) is 5.26 Å². The SMILES string of the molecule is C[C@H](NC(=O)OC(C)(C)C)[C@H](Nc1nc(Cl)c(C#N)cc1F)c1ccccc1F. The van der Waals surface area contributed by atoms with Crippen LogP contribution >= 0.6 is 11.6 Å². The Balaban J connectivity index is 2.37. The van der Waals surface area contributed by atoms with Crippen LogP contribution in [0.5, 0.6) is 0 Å². The fourth-order valence-electron chi connectivity index (χ4n) is 2.57. The molecule has 0 bridgehead atoms. The molecule has 6 nitrogen and oxygen atoms in total. The van der Waals surface area contributed by atoms with Crippen molar-refractivity contribution >= 4 is 23.5 Å². The van der Waals surface area contributed by atoms with Gasteiger partial charge in [-0.25, -0.2) is 18.6 Å². The van der Waals surface area contributed by atoms with Gasteiger partial charge in [-0.3, -0.25) is 0 Å². The van der Waals surface area contributed by atoms with Gasteiger partial charge in [0.2, 0.25) is 0 Å². The first-order chi connectivity index (χ1) is 13.5. The Bertz CT molecular complexity index is 941. The molecule has 1 heterocycles. The normalized spacial score (nSPS) is 13.2. The topological polar surface area (TPSA) is 87.0 Å². The molecule has 0 aliphatic carbocycles. The van der Waals surface area contributed by atoms with E-state index in [1.807, 2.05) is 0 Å². The maximum Gasteiger partial charge on any atom is 0.407 e. The summed E-state index contributed by atoms with van der Waals surface area (Å²) in [5.74, 6) is -1.67. The number of benzene rings is 1. The highest BCUT2D eigenvalue weighted by atomic mass is 35.5. The van der Waals surface area contributed by atoms with Gasteiger partial charge >= 0.3 is 6.09 Å². The molecule has 0 aliphatic heterocycles. The number of halogens is 3. The average Bonchev–Trinajstić information content (AvgIpc) is 2.61. The zero-order valence-corrected chi connectivity index (χ0v) is 17.1. The third-order valence-corrected chi connectivity index (χ3v) is 4.11. The number of hydrogen-bond donors (Lipinski definition) is 2. The molecule has 0 spiro atoms. The van der Waals surface area contributed by atoms with E-state index in [1.54, 1.807) is 39.8 Å². The largest absolute Gasteiger partial charge is 0.444 e. The number of rotatable bonds is 5. The Hall–Kier alpha value is -2.92. The van der Waals surface area contributed by atoms with E-state index in [2.05, 4.69) is 15.6 Å². The summed E-state index contributed by atoms with van der Waals surface area (Å²) in [6, 6.07) is 6.91. The van der Waals surface area contributed by atoms with Crippen molar-refractivity contribution in [2.24, 2.45) is 0 Å². The zero-order chi connectivity index (χ0) is 21.8. The van der Waals surface area contributed by atoms with Crippen molar-refractivity contribution in [3.05, 3.63) is 58.2 Å². The molecule has 2 rings (SSSR count). The molecule has 2 aromatic rings. The molecule has 0 fully saturated rings. The van der Waals surface area contributed by atoms with Crippen LogP contribution in [0.1, 0.15) is 44.9 Å². The summed E-state index contributed by atoms with van der Waals surface area (Å²) in [5.41, 5.74) is -0.672. The highest BCUT2D eigenvalue weighted by Gasteiger charge is 2.27. The molecule has 9 heteroatoms. The molecule has 154 valence electrons. The fourth-order valence-corrected chi connectivity index (χ4v) is 2.75. The summed E-state index contributed by atoms with van der Waals surface area (Å²) in [6.07, 6.45) is -0.709. The van der Waals surface area contributed by atoms with Crippen LogP contribution in [0.4, 0.5) is 19.4 Å². The molecule has 29 heavy (non-hydrogen) atoms. The molecule has 1 aromatic heterocycles. The Labute approximate surface area is 172 Å². The number of ether oxygens (including phenoxy) is 1. The van der Waals surface area contributed by atoms with Crippen molar-refractivity contribution < 1.29 is 18.3 Å². The number of alkyl carbamates (subject to hydrolysis) is 1. The van der Waals surface area contributed by atoms with Gasteiger partial charge in [-0.1, -0.05) is 29.8 Å². The highest BCUT2D eigenvalue weighted by molar-refractivity contribution is 6.30. The van der Waals surface area contributed by atoms with Crippen molar-refractivity contribution in [2.75, 3.05) is 5.32 Å². The Kier molecular flexibility index (Phi) is 6.98. The third-order valence-electron chi connectivity index (χ3n) is 3.83. The number of aromatic nitrogens is 1. The zero-order valence-electron chi connectivity index (χ0n) is 16.4. The minimum absolute atomic E-state index is 0.128. The minimum atomic E-state index is -0.908. The molecular formula is C20H21ClF2N4O2. The number of nitrogens with one attached hydrogen (secondary N) is 2. The number of anilines is 1. The van der Waals surface area contributed by atoms with Crippen LogP contribution in [0.15, 0.2) is 30.3 Å². The average molecular weight is 423 g/mol. The summed E-state index contributed by atoms with van der Waals surface area (Å²) in [4.78, 5) is 16.0. The lowest BCUT2D eigenvalue weighted by Crippen LogP contribution is -2.43. The number of pyridine rings is 1. The van der Waals surface area contributed by atoms with Crippen molar-refractivity contribution in [3.63, 3.8) is 0 Å². The van der Waals surface area contributed by atoms with Crippen molar-refractivity contribution in [3.8, 4) is 6.07 Å². The molecule has 2 N–H and O–H groups in total. The first kappa shape index (κ1) is 22.4. The number of amides is 1. The quantitative estimate of drug-likeness (QED) is 0.665. The monoisotopic (exact) mass is 422 g/mol. The predicted octanol–water partition coefficient (Wildman–Crippen LogP) is 4.95. The lowest BCUT2D eigenvalue weighted by molar-refractivity contribution is 0.0503. The Morgan fingerprint density at radius 3 is 2.52 bits per heavy atom. The molecule has 0 radical (unpaired) electrons. The van der Waals surface area contributed by atoms with Gasteiger partial charge in [-0.15, -0.1) is 0 Å². The number of nitriles is 1. The van der Waals surface area contributed by atoms with Gasteiger partial charge in [-0.05, 0) is 39.8 Å². The van der Waals surface area contributed by atoms with E-state index in [0.29, 0.717) is 0 Å². The second-order valence-electron chi connectivity index (χ2n) is 7.35. The standard InChI is InChI=1S/C20H21ClF2N4O2/c1-11(25-19(28)29-20(2,3)4)16(13-7-5-6-8-14(13)22)26-18-15(23)9-12(10-24)17(21)27-18/h5-9,11,16H,1-4H3,(H,25,28)(H,26,27)/t11-,16-/m0/s1. The van der Waals surface area contributed by atoms with Crippen LogP contribution in [0.3, 0.4) is 0 Å². The van der Waals surface area contributed by atoms with Crippen LogP contribution in [0.2, 0.25) is 5.15 Å². The number of carbonyl (C=O) groups is 1. The van der Waals surface area contributed by atoms with E-state index in [-0.39, 0.29) is 22.1 Å². The predicted molar refractivity (Wildman–Crippen MR) is 106 cm³/mol. The summed E-state index contributed by atoms with van der Waals surface area (Å²) in [6.45, 7) is 6.74. The summed E-state index contributed by atoms with van der Waals surface area (Å²) < 4.78 is 34.1. The third kappa shape index (κ3) is 6.03. The number of carbonyl (C=O) groups excluding carboxylic acids is 1. The summed E-state index contributed by atoms with van der Waals surface area (Å²) in [7, 11) is 0. The summed E-state index contributed by atoms with van der Waals surface area (Å²) in [5, 5.41) is 14.1. The van der Waals surface area contributed by atoms with Gasteiger partial charge in [0.1, 0.15) is 22.6 Å². The molecule has 0 aliphatic rings. The Morgan fingerprint density at radius 1 is 1.28 bits per heavy atom. The van der Waals surface area contributed by atoms with E-state index < -0.39 is 35.4 Å². The lowest BCUT2D eigenvalue weighted by Gasteiger charge is -2.29. The second-order valence-corrected chi connectivity index (χ2v) is 7.71. The molecule has 1 amide bonds. The molecule has 2 atom stereocenters. The van der Waals surface area contributed by atoms with E-state index in [4.69, 9.17) is 21.6 Å². The van der Waals surface area contributed by atoms with Gasteiger partial charge in [0.15, 0.2) is 11.6 Å². The van der Waals surface area contributed by atoms with Crippen molar-refractivity contribution in [1.82, 2.24) is 10.3 Å². The molecule has 0 saturated heterocycles. The maximum atomic E-state index is 14.4. The lowest BCUT2D eigenvalue weighted by atomic mass is 9.99. The number of hydrogen-bond acceptors (Lipinski definition) is 5. The fraction of sp³-hybridized carbons (Fsp3) is 0.350. The van der Waals surface area contributed by atoms with Crippen LogP contribution in [0.25, 0.3) is 0 Å². The van der Waals surface area contributed by atoms with Gasteiger partial charge in [0, 0.05) is 5.56 Å². The van der Waals surface area contributed by atoms with E-state index >= 15 is 0 Å².